The molecule has 0 aliphatic heterocycles. The van der Waals surface area contributed by atoms with Crippen LogP contribution in [0.25, 0.3) is 0 Å². The van der Waals surface area contributed by atoms with Gasteiger partial charge in [-0.2, -0.15) is 10.1 Å². The monoisotopic (exact) mass is 407 g/mol. The molecule has 1 aromatic carbocycles. The second kappa shape index (κ2) is 8.97. The third kappa shape index (κ3) is 5.42. The maximum Gasteiger partial charge on any atom is 0.260 e. The van der Waals surface area contributed by atoms with Crippen molar-refractivity contribution in [1.29, 1.82) is 0 Å². The van der Waals surface area contributed by atoms with Crippen molar-refractivity contribution >= 4 is 34.0 Å². The van der Waals surface area contributed by atoms with E-state index in [1.54, 1.807) is 38.5 Å². The first-order valence-electron chi connectivity index (χ1n) is 7.37. The molecule has 0 aliphatic rings. The van der Waals surface area contributed by atoms with Gasteiger partial charge < -0.3 is 14.8 Å². The van der Waals surface area contributed by atoms with E-state index in [-0.39, 0.29) is 5.91 Å². The second-order valence-corrected chi connectivity index (χ2v) is 5.76. The number of methoxy groups -OCH3 is 1. The molecule has 132 valence electrons. The molecule has 1 amide bonds. The average Bonchev–Trinajstić information content (AvgIpc) is 2.63. The van der Waals surface area contributed by atoms with E-state index in [0.29, 0.717) is 23.1 Å². The first kappa shape index (κ1) is 18.7. The van der Waals surface area contributed by atoms with Gasteiger partial charge in [0.15, 0.2) is 6.10 Å². The number of nitrogens with one attached hydrogen (secondary N) is 2. The lowest BCUT2D eigenvalue weighted by molar-refractivity contribution is -0.126. The molecule has 0 aliphatic carbocycles. The predicted molar refractivity (Wildman–Crippen MR) is 98.1 cm³/mol. The summed E-state index contributed by atoms with van der Waals surface area (Å²) < 4.78 is 11.6. The molecule has 1 heterocycles. The van der Waals surface area contributed by atoms with Gasteiger partial charge in [-0.1, -0.05) is 15.9 Å². The number of rotatable bonds is 7. The van der Waals surface area contributed by atoms with E-state index < -0.39 is 6.10 Å². The fourth-order valence-corrected chi connectivity index (χ4v) is 2.22. The van der Waals surface area contributed by atoms with Gasteiger partial charge in [-0.3, -0.25) is 4.79 Å². The maximum absolute atomic E-state index is 11.6. The van der Waals surface area contributed by atoms with Crippen LogP contribution in [0.15, 0.2) is 40.0 Å². The highest BCUT2D eigenvalue weighted by Crippen LogP contribution is 2.23. The van der Waals surface area contributed by atoms with Crippen molar-refractivity contribution in [3.8, 4) is 11.6 Å². The van der Waals surface area contributed by atoms with Crippen LogP contribution in [0, 0.1) is 0 Å². The van der Waals surface area contributed by atoms with Crippen LogP contribution in [0.1, 0.15) is 12.5 Å². The number of hydrazone groups is 1. The number of aromatic nitrogens is 2. The number of likely N-dealkylation sites (N-methyl/N-ethyl adjacent to an activating group) is 1. The van der Waals surface area contributed by atoms with Crippen LogP contribution >= 0.6 is 15.9 Å². The Morgan fingerprint density at radius 3 is 2.92 bits per heavy atom. The Hall–Kier alpha value is -2.68. The molecule has 0 spiro atoms. The number of carbonyl (C=O) groups excluding carboxylic acids is 1. The first-order chi connectivity index (χ1) is 12.0. The number of hydrogen-bond donors (Lipinski definition) is 2. The van der Waals surface area contributed by atoms with Crippen molar-refractivity contribution < 1.29 is 14.3 Å². The molecule has 2 rings (SSSR count). The topological polar surface area (TPSA) is 97.7 Å². The van der Waals surface area contributed by atoms with E-state index in [9.17, 15) is 4.79 Å². The largest absolute Gasteiger partial charge is 0.481 e. The molecule has 25 heavy (non-hydrogen) atoms. The zero-order valence-corrected chi connectivity index (χ0v) is 15.6. The number of benzene rings is 1. The standard InChI is InChI=1S/C16H18BrN5O3/c1-10(15(23)18-2)25-13-5-4-12(17)8-11(13)9-20-22-16-19-7-6-14(21-16)24-3/h4-10H,1-3H3,(H,18,23)(H,19,21,22)/b20-9+. The van der Waals surface area contributed by atoms with Gasteiger partial charge in [0, 0.05) is 29.3 Å². The highest BCUT2D eigenvalue weighted by atomic mass is 79.9. The van der Waals surface area contributed by atoms with Crippen LogP contribution in [0.5, 0.6) is 11.6 Å². The van der Waals surface area contributed by atoms with E-state index in [4.69, 9.17) is 9.47 Å². The highest BCUT2D eigenvalue weighted by molar-refractivity contribution is 9.10. The van der Waals surface area contributed by atoms with Crippen LogP contribution in [0.4, 0.5) is 5.95 Å². The number of hydrogen-bond acceptors (Lipinski definition) is 7. The van der Waals surface area contributed by atoms with Crippen LogP contribution < -0.4 is 20.2 Å². The van der Waals surface area contributed by atoms with Crippen molar-refractivity contribution in [3.05, 3.63) is 40.5 Å². The van der Waals surface area contributed by atoms with Crippen molar-refractivity contribution in [2.45, 2.75) is 13.0 Å². The van der Waals surface area contributed by atoms with Crippen LogP contribution in [-0.4, -0.2) is 42.4 Å². The van der Waals surface area contributed by atoms with Crippen LogP contribution in [0.3, 0.4) is 0 Å². The van der Waals surface area contributed by atoms with Gasteiger partial charge in [-0.25, -0.2) is 10.4 Å². The fraction of sp³-hybridized carbons (Fsp3) is 0.250. The number of halogens is 1. The SMILES string of the molecule is CNC(=O)C(C)Oc1ccc(Br)cc1/C=N/Nc1nccc(OC)n1. The molecular formula is C16H18BrN5O3. The minimum absolute atomic E-state index is 0.214. The Labute approximate surface area is 153 Å². The summed E-state index contributed by atoms with van der Waals surface area (Å²) in [5.41, 5.74) is 3.40. The summed E-state index contributed by atoms with van der Waals surface area (Å²) in [5, 5.41) is 6.65. The Balaban J connectivity index is 2.14. The Bertz CT molecular complexity index is 769. The summed E-state index contributed by atoms with van der Waals surface area (Å²) >= 11 is 3.40. The quantitative estimate of drug-likeness (QED) is 0.539. The summed E-state index contributed by atoms with van der Waals surface area (Å²) in [4.78, 5) is 19.8. The first-order valence-corrected chi connectivity index (χ1v) is 8.16. The molecule has 8 nitrogen and oxygen atoms in total. The van der Waals surface area contributed by atoms with E-state index in [0.717, 1.165) is 4.47 Å². The summed E-state index contributed by atoms with van der Waals surface area (Å²) in [6.45, 7) is 1.67. The summed E-state index contributed by atoms with van der Waals surface area (Å²) in [6.07, 6.45) is 2.48. The Morgan fingerprint density at radius 2 is 2.20 bits per heavy atom. The Morgan fingerprint density at radius 1 is 1.40 bits per heavy atom. The summed E-state index contributed by atoms with van der Waals surface area (Å²) in [5.74, 6) is 1.04. The van der Waals surface area contributed by atoms with Crippen molar-refractivity contribution in [3.63, 3.8) is 0 Å². The molecule has 0 fully saturated rings. The highest BCUT2D eigenvalue weighted by Gasteiger charge is 2.14. The Kier molecular flexibility index (Phi) is 6.70. The maximum atomic E-state index is 11.6. The van der Waals surface area contributed by atoms with Crippen molar-refractivity contribution in [2.24, 2.45) is 5.10 Å². The zero-order chi connectivity index (χ0) is 18.2. The minimum atomic E-state index is -0.631. The third-order valence-corrected chi connectivity index (χ3v) is 3.59. The molecule has 1 atom stereocenters. The molecule has 0 saturated heterocycles. The lowest BCUT2D eigenvalue weighted by Crippen LogP contribution is -2.33. The molecule has 1 unspecified atom stereocenters. The van der Waals surface area contributed by atoms with E-state index in [2.05, 4.69) is 41.7 Å². The molecule has 2 N–H and O–H groups in total. The average molecular weight is 408 g/mol. The molecule has 1 aromatic heterocycles. The van der Waals surface area contributed by atoms with Gasteiger partial charge >= 0.3 is 0 Å². The second-order valence-electron chi connectivity index (χ2n) is 4.85. The number of amides is 1. The molecule has 0 bridgehead atoms. The van der Waals surface area contributed by atoms with Crippen molar-refractivity contribution in [2.75, 3.05) is 19.6 Å². The smallest absolute Gasteiger partial charge is 0.260 e. The lowest BCUT2D eigenvalue weighted by Gasteiger charge is -2.15. The lowest BCUT2D eigenvalue weighted by atomic mass is 10.2. The fourth-order valence-electron chi connectivity index (χ4n) is 1.84. The molecule has 2 aromatic rings. The molecule has 0 radical (unpaired) electrons. The van der Waals surface area contributed by atoms with Gasteiger partial charge in [0.05, 0.1) is 13.3 Å². The van der Waals surface area contributed by atoms with Gasteiger partial charge in [-0.05, 0) is 25.1 Å². The van der Waals surface area contributed by atoms with Gasteiger partial charge in [0.2, 0.25) is 11.8 Å². The number of ether oxygens (including phenoxy) is 2. The predicted octanol–water partition coefficient (Wildman–Crippen LogP) is 2.21. The van der Waals surface area contributed by atoms with Gasteiger partial charge in [0.25, 0.3) is 5.91 Å². The number of anilines is 1. The third-order valence-electron chi connectivity index (χ3n) is 3.10. The van der Waals surface area contributed by atoms with E-state index in [1.807, 2.05) is 12.1 Å². The zero-order valence-electron chi connectivity index (χ0n) is 14.0. The van der Waals surface area contributed by atoms with Gasteiger partial charge in [-0.15, -0.1) is 0 Å². The van der Waals surface area contributed by atoms with Crippen LogP contribution in [-0.2, 0) is 4.79 Å². The number of carbonyl (C=O) groups is 1. The number of nitrogens with zero attached hydrogens (tertiary/aromatic N) is 3. The molecule has 9 heteroatoms. The van der Waals surface area contributed by atoms with Crippen LogP contribution in [0.2, 0.25) is 0 Å². The molecular weight excluding hydrogens is 390 g/mol. The van der Waals surface area contributed by atoms with E-state index >= 15 is 0 Å². The van der Waals surface area contributed by atoms with Gasteiger partial charge in [0.1, 0.15) is 5.75 Å². The summed E-state index contributed by atoms with van der Waals surface area (Å²) in [7, 11) is 3.08. The summed E-state index contributed by atoms with van der Waals surface area (Å²) in [6, 6.07) is 7.04. The van der Waals surface area contributed by atoms with Crippen molar-refractivity contribution in [1.82, 2.24) is 15.3 Å². The molecule has 0 saturated carbocycles. The van der Waals surface area contributed by atoms with E-state index in [1.165, 1.54) is 7.11 Å². The normalized spacial score (nSPS) is 11.8. The minimum Gasteiger partial charge on any atom is -0.481 e.